The Morgan fingerprint density at radius 3 is 2.22 bits per heavy atom. The van der Waals surface area contributed by atoms with Crippen LogP contribution < -0.4 is 10.2 Å². The Morgan fingerprint density at radius 1 is 0.865 bits per heavy atom. The molecule has 2 aromatic carbocycles. The first-order valence-corrected chi connectivity index (χ1v) is 12.4. The standard InChI is InChI=1S/C29H30N6O2/c1-21-19-26(22(2)35(21)25-7-4-3-5-8-25)28(37)32-24-11-9-23(10-12-24)20-27(36)33-15-17-34(18-16-33)29-30-13-6-14-31-29/h3-14,19H,15-18,20H2,1-2H3,(H,32,37). The third-order valence-electron chi connectivity index (χ3n) is 6.72. The summed E-state index contributed by atoms with van der Waals surface area (Å²) in [6, 6.07) is 21.2. The molecule has 2 amide bonds. The molecular formula is C29H30N6O2. The van der Waals surface area contributed by atoms with E-state index in [0.29, 0.717) is 49.8 Å². The number of carbonyl (C=O) groups excluding carboxylic acids is 2. The monoisotopic (exact) mass is 494 g/mol. The van der Waals surface area contributed by atoms with E-state index in [1.54, 1.807) is 18.5 Å². The summed E-state index contributed by atoms with van der Waals surface area (Å²) >= 11 is 0. The van der Waals surface area contributed by atoms with E-state index in [2.05, 4.69) is 24.8 Å². The molecule has 0 bridgehead atoms. The van der Waals surface area contributed by atoms with E-state index in [9.17, 15) is 9.59 Å². The maximum atomic E-state index is 13.0. The molecule has 8 heteroatoms. The lowest BCUT2D eigenvalue weighted by molar-refractivity contribution is -0.130. The number of carbonyl (C=O) groups is 2. The highest BCUT2D eigenvalue weighted by Gasteiger charge is 2.22. The van der Waals surface area contributed by atoms with Crippen LogP contribution in [0, 0.1) is 13.8 Å². The summed E-state index contributed by atoms with van der Waals surface area (Å²) in [5.74, 6) is 0.646. The van der Waals surface area contributed by atoms with E-state index < -0.39 is 0 Å². The van der Waals surface area contributed by atoms with Crippen molar-refractivity contribution in [1.82, 2.24) is 19.4 Å². The van der Waals surface area contributed by atoms with Crippen molar-refractivity contribution in [1.29, 1.82) is 0 Å². The minimum atomic E-state index is -0.153. The molecule has 8 nitrogen and oxygen atoms in total. The largest absolute Gasteiger partial charge is 0.339 e. The molecule has 1 saturated heterocycles. The van der Waals surface area contributed by atoms with Gasteiger partial charge in [-0.1, -0.05) is 30.3 Å². The molecule has 0 radical (unpaired) electrons. The maximum Gasteiger partial charge on any atom is 0.257 e. The quantitative estimate of drug-likeness (QED) is 0.438. The SMILES string of the molecule is Cc1cc(C(=O)Nc2ccc(CC(=O)N3CCN(c4ncccn4)CC3)cc2)c(C)n1-c1ccccc1. The number of piperazine rings is 1. The predicted molar refractivity (Wildman–Crippen MR) is 144 cm³/mol. The number of nitrogens with zero attached hydrogens (tertiary/aromatic N) is 5. The lowest BCUT2D eigenvalue weighted by Gasteiger charge is -2.34. The van der Waals surface area contributed by atoms with Gasteiger partial charge >= 0.3 is 0 Å². The molecule has 1 N–H and O–H groups in total. The highest BCUT2D eigenvalue weighted by molar-refractivity contribution is 6.05. The summed E-state index contributed by atoms with van der Waals surface area (Å²) in [5.41, 5.74) is 5.17. The topological polar surface area (TPSA) is 83.4 Å². The Kier molecular flexibility index (Phi) is 6.98. The van der Waals surface area contributed by atoms with Crippen LogP contribution in [0.25, 0.3) is 5.69 Å². The summed E-state index contributed by atoms with van der Waals surface area (Å²) in [6.45, 7) is 6.67. The second-order valence-corrected chi connectivity index (χ2v) is 9.20. The van der Waals surface area contributed by atoms with Crippen molar-refractivity contribution in [2.24, 2.45) is 0 Å². The molecule has 188 valence electrons. The number of hydrogen-bond donors (Lipinski definition) is 1. The lowest BCUT2D eigenvalue weighted by Crippen LogP contribution is -2.49. The van der Waals surface area contributed by atoms with Gasteiger partial charge in [0.2, 0.25) is 11.9 Å². The zero-order chi connectivity index (χ0) is 25.8. The number of anilines is 2. The second kappa shape index (κ2) is 10.7. The van der Waals surface area contributed by atoms with Gasteiger partial charge in [-0.05, 0) is 55.8 Å². The summed E-state index contributed by atoms with van der Waals surface area (Å²) < 4.78 is 2.08. The first kappa shape index (κ1) is 24.2. The third-order valence-corrected chi connectivity index (χ3v) is 6.72. The number of para-hydroxylation sites is 1. The van der Waals surface area contributed by atoms with Crippen LogP contribution in [0.5, 0.6) is 0 Å². The van der Waals surface area contributed by atoms with E-state index in [1.807, 2.05) is 79.4 Å². The van der Waals surface area contributed by atoms with Crippen molar-refractivity contribution in [3.63, 3.8) is 0 Å². The summed E-state index contributed by atoms with van der Waals surface area (Å²) in [6.07, 6.45) is 3.79. The molecule has 0 aliphatic carbocycles. The Balaban J connectivity index is 1.17. The molecule has 1 aliphatic rings. The van der Waals surface area contributed by atoms with Crippen molar-refractivity contribution in [2.75, 3.05) is 36.4 Å². The van der Waals surface area contributed by atoms with E-state index in [4.69, 9.17) is 0 Å². The van der Waals surface area contributed by atoms with Crippen LogP contribution in [0.15, 0.2) is 79.1 Å². The molecule has 4 aromatic rings. The van der Waals surface area contributed by atoms with E-state index in [1.165, 1.54) is 0 Å². The average molecular weight is 495 g/mol. The molecule has 5 rings (SSSR count). The van der Waals surface area contributed by atoms with Gasteiger partial charge in [0.1, 0.15) is 0 Å². The molecule has 3 heterocycles. The molecule has 0 unspecified atom stereocenters. The van der Waals surface area contributed by atoms with Gasteiger partial charge in [0, 0.05) is 61.3 Å². The van der Waals surface area contributed by atoms with Crippen molar-refractivity contribution < 1.29 is 9.59 Å². The summed E-state index contributed by atoms with van der Waals surface area (Å²) in [7, 11) is 0. The lowest BCUT2D eigenvalue weighted by atomic mass is 10.1. The number of aromatic nitrogens is 3. The smallest absolute Gasteiger partial charge is 0.257 e. The van der Waals surface area contributed by atoms with Gasteiger partial charge in [0.25, 0.3) is 5.91 Å². The van der Waals surface area contributed by atoms with Crippen LogP contribution in [0.1, 0.15) is 27.3 Å². The van der Waals surface area contributed by atoms with Crippen LogP contribution in [0.2, 0.25) is 0 Å². The Bertz CT molecular complexity index is 1380. The first-order valence-electron chi connectivity index (χ1n) is 12.4. The fourth-order valence-corrected chi connectivity index (χ4v) is 4.77. The Labute approximate surface area is 216 Å². The summed E-state index contributed by atoms with van der Waals surface area (Å²) in [4.78, 5) is 38.4. The zero-order valence-electron chi connectivity index (χ0n) is 21.1. The maximum absolute atomic E-state index is 13.0. The Morgan fingerprint density at radius 2 is 1.54 bits per heavy atom. The molecule has 0 saturated carbocycles. The van der Waals surface area contributed by atoms with Crippen LogP contribution in [0.4, 0.5) is 11.6 Å². The van der Waals surface area contributed by atoms with E-state index in [0.717, 1.165) is 22.6 Å². The number of nitrogens with one attached hydrogen (secondary N) is 1. The van der Waals surface area contributed by atoms with Crippen LogP contribution in [0.3, 0.4) is 0 Å². The van der Waals surface area contributed by atoms with Gasteiger partial charge < -0.3 is 19.7 Å². The average Bonchev–Trinajstić information content (AvgIpc) is 3.24. The van der Waals surface area contributed by atoms with Crippen LogP contribution in [-0.4, -0.2) is 57.4 Å². The number of hydrogen-bond acceptors (Lipinski definition) is 5. The van der Waals surface area contributed by atoms with Crippen molar-refractivity contribution in [2.45, 2.75) is 20.3 Å². The fraction of sp³-hybridized carbons (Fsp3) is 0.241. The fourth-order valence-electron chi connectivity index (χ4n) is 4.77. The van der Waals surface area contributed by atoms with Crippen molar-refractivity contribution in [3.8, 4) is 5.69 Å². The minimum Gasteiger partial charge on any atom is -0.339 e. The Hall–Kier alpha value is -4.46. The predicted octanol–water partition coefficient (Wildman–Crippen LogP) is 4.03. The first-order chi connectivity index (χ1) is 18.0. The number of amides is 2. The van der Waals surface area contributed by atoms with Gasteiger partial charge in [0.05, 0.1) is 12.0 Å². The molecule has 37 heavy (non-hydrogen) atoms. The zero-order valence-corrected chi connectivity index (χ0v) is 21.1. The number of rotatable bonds is 6. The molecule has 0 spiro atoms. The van der Waals surface area contributed by atoms with Crippen molar-refractivity contribution >= 4 is 23.5 Å². The summed E-state index contributed by atoms with van der Waals surface area (Å²) in [5, 5.41) is 2.99. The molecule has 1 fully saturated rings. The van der Waals surface area contributed by atoms with E-state index >= 15 is 0 Å². The van der Waals surface area contributed by atoms with Gasteiger partial charge in [-0.3, -0.25) is 9.59 Å². The van der Waals surface area contributed by atoms with Gasteiger partial charge in [-0.25, -0.2) is 9.97 Å². The second-order valence-electron chi connectivity index (χ2n) is 9.20. The molecule has 2 aromatic heterocycles. The van der Waals surface area contributed by atoms with Gasteiger partial charge in [0.15, 0.2) is 0 Å². The number of aryl methyl sites for hydroxylation is 1. The normalized spacial score (nSPS) is 13.5. The van der Waals surface area contributed by atoms with Gasteiger partial charge in [-0.15, -0.1) is 0 Å². The van der Waals surface area contributed by atoms with Gasteiger partial charge in [-0.2, -0.15) is 0 Å². The van der Waals surface area contributed by atoms with E-state index in [-0.39, 0.29) is 11.8 Å². The molecular weight excluding hydrogens is 464 g/mol. The molecule has 1 aliphatic heterocycles. The van der Waals surface area contributed by atoms with Crippen LogP contribution in [-0.2, 0) is 11.2 Å². The van der Waals surface area contributed by atoms with Crippen LogP contribution >= 0.6 is 0 Å². The highest BCUT2D eigenvalue weighted by atomic mass is 16.2. The minimum absolute atomic E-state index is 0.0961. The highest BCUT2D eigenvalue weighted by Crippen LogP contribution is 2.22. The van der Waals surface area contributed by atoms with Crippen molar-refractivity contribution in [3.05, 3.63) is 102 Å². The number of benzene rings is 2. The molecule has 0 atom stereocenters. The third kappa shape index (κ3) is 5.38.